The van der Waals surface area contributed by atoms with Gasteiger partial charge in [-0.25, -0.2) is 0 Å². The van der Waals surface area contributed by atoms with Crippen LogP contribution in [0, 0.1) is 13.8 Å². The van der Waals surface area contributed by atoms with Crippen LogP contribution in [0.4, 0.5) is 0 Å². The molecule has 0 saturated carbocycles. The Labute approximate surface area is 210 Å². The van der Waals surface area contributed by atoms with Crippen molar-refractivity contribution in [2.75, 3.05) is 6.79 Å². The van der Waals surface area contributed by atoms with E-state index < -0.39 is 0 Å². The summed E-state index contributed by atoms with van der Waals surface area (Å²) in [5, 5.41) is 4.31. The molecule has 7 heteroatoms. The minimum absolute atomic E-state index is 0.00781. The molecule has 6 rings (SSSR count). The van der Waals surface area contributed by atoms with Crippen LogP contribution >= 0.6 is 12.2 Å². The monoisotopic (exact) mass is 482 g/mol. The smallest absolute Gasteiger partial charge is 0.231 e. The zero-order chi connectivity index (χ0) is 23.9. The van der Waals surface area contributed by atoms with E-state index in [2.05, 4.69) is 76.1 Å². The number of hydrogen-bond acceptors (Lipinski definition) is 4. The van der Waals surface area contributed by atoms with E-state index in [1.165, 1.54) is 11.1 Å². The Balaban J connectivity index is 1.45. The Morgan fingerprint density at radius 2 is 1.77 bits per heavy atom. The molecule has 0 unspecified atom stereocenters. The van der Waals surface area contributed by atoms with E-state index in [0.717, 1.165) is 39.4 Å². The van der Waals surface area contributed by atoms with Gasteiger partial charge in [0.2, 0.25) is 6.79 Å². The number of fused-ring (bicyclic) bond motifs is 1. The third kappa shape index (κ3) is 3.82. The molecule has 35 heavy (non-hydrogen) atoms. The Morgan fingerprint density at radius 3 is 2.57 bits per heavy atom. The molecule has 2 atom stereocenters. The molecule has 6 nitrogen and oxygen atoms in total. The van der Waals surface area contributed by atoms with Crippen molar-refractivity contribution in [3.8, 4) is 17.2 Å². The molecule has 0 aliphatic carbocycles. The SMILES string of the molecule is Cc1cc([C@H]2[C@@H](c3ccccn3)NC(=S)N2Cc2ccccc2)c(C)n1-c1ccc2c(c1)OCO2. The first-order chi connectivity index (χ1) is 17.1. The molecular formula is C28H26N4O2S. The summed E-state index contributed by atoms with van der Waals surface area (Å²) in [5.41, 5.74) is 6.77. The second-order valence-electron chi connectivity index (χ2n) is 8.94. The number of thiocarbonyl (C=S) groups is 1. The molecule has 0 radical (unpaired) electrons. The Kier molecular flexibility index (Phi) is 5.41. The van der Waals surface area contributed by atoms with Crippen molar-refractivity contribution in [2.24, 2.45) is 0 Å². The molecule has 2 aromatic carbocycles. The summed E-state index contributed by atoms with van der Waals surface area (Å²) in [4.78, 5) is 6.97. The number of nitrogens with zero attached hydrogens (tertiary/aromatic N) is 3. The molecule has 0 amide bonds. The van der Waals surface area contributed by atoms with Crippen LogP contribution in [0.5, 0.6) is 11.5 Å². The lowest BCUT2D eigenvalue weighted by molar-refractivity contribution is 0.174. The molecule has 0 spiro atoms. The fraction of sp³-hybridized carbons (Fsp3) is 0.214. The van der Waals surface area contributed by atoms with Crippen molar-refractivity contribution < 1.29 is 9.47 Å². The predicted octanol–water partition coefficient (Wildman–Crippen LogP) is 5.39. The highest BCUT2D eigenvalue weighted by molar-refractivity contribution is 7.80. The number of hydrogen-bond donors (Lipinski definition) is 1. The van der Waals surface area contributed by atoms with Gasteiger partial charge >= 0.3 is 0 Å². The second kappa shape index (κ2) is 8.74. The average Bonchev–Trinajstić information content (AvgIpc) is 3.56. The van der Waals surface area contributed by atoms with Gasteiger partial charge in [0.15, 0.2) is 16.6 Å². The van der Waals surface area contributed by atoms with E-state index in [0.29, 0.717) is 6.54 Å². The van der Waals surface area contributed by atoms with Gasteiger partial charge in [-0.1, -0.05) is 36.4 Å². The van der Waals surface area contributed by atoms with E-state index in [-0.39, 0.29) is 18.9 Å². The maximum Gasteiger partial charge on any atom is 0.231 e. The quantitative estimate of drug-likeness (QED) is 0.385. The number of aromatic nitrogens is 2. The number of ether oxygens (including phenoxy) is 2. The number of rotatable bonds is 5. The number of nitrogens with one attached hydrogen (secondary N) is 1. The van der Waals surface area contributed by atoms with Gasteiger partial charge < -0.3 is 24.3 Å². The van der Waals surface area contributed by atoms with Gasteiger partial charge in [0.25, 0.3) is 0 Å². The van der Waals surface area contributed by atoms with E-state index >= 15 is 0 Å². The molecule has 2 aromatic heterocycles. The molecular weight excluding hydrogens is 456 g/mol. The first-order valence-electron chi connectivity index (χ1n) is 11.7. The minimum atomic E-state index is -0.0573. The van der Waals surface area contributed by atoms with Gasteiger partial charge in [0, 0.05) is 35.9 Å². The number of pyridine rings is 1. The second-order valence-corrected chi connectivity index (χ2v) is 9.33. The highest BCUT2D eigenvalue weighted by atomic mass is 32.1. The van der Waals surface area contributed by atoms with Crippen molar-refractivity contribution in [1.82, 2.24) is 19.8 Å². The molecule has 4 aromatic rings. The van der Waals surface area contributed by atoms with E-state index in [1.807, 2.05) is 36.5 Å². The third-order valence-electron chi connectivity index (χ3n) is 6.80. The van der Waals surface area contributed by atoms with Gasteiger partial charge in [-0.3, -0.25) is 4.98 Å². The standard InChI is InChI=1S/C28H26N4O2S/c1-18-14-22(19(2)32(18)21-11-12-24-25(15-21)34-17-33-24)27-26(23-10-6-7-13-29-23)30-28(35)31(27)16-20-8-4-3-5-9-20/h3-15,26-27H,16-17H2,1-2H3,(H,30,35)/t26-,27+/m1/s1. The predicted molar refractivity (Wildman–Crippen MR) is 139 cm³/mol. The van der Waals surface area contributed by atoms with E-state index in [9.17, 15) is 0 Å². The van der Waals surface area contributed by atoms with E-state index in [1.54, 1.807) is 0 Å². The van der Waals surface area contributed by atoms with Gasteiger partial charge in [0.05, 0.1) is 17.8 Å². The Hall–Kier alpha value is -3.84. The average molecular weight is 483 g/mol. The largest absolute Gasteiger partial charge is 0.454 e. The normalized spacial score (nSPS) is 18.7. The molecule has 2 aliphatic rings. The third-order valence-corrected chi connectivity index (χ3v) is 7.15. The maximum atomic E-state index is 5.87. The fourth-order valence-corrected chi connectivity index (χ4v) is 5.51. The topological polar surface area (TPSA) is 51.6 Å². The lowest BCUT2D eigenvalue weighted by Crippen LogP contribution is -2.29. The maximum absolute atomic E-state index is 5.87. The van der Waals surface area contributed by atoms with Gasteiger partial charge in [-0.2, -0.15) is 0 Å². The zero-order valence-electron chi connectivity index (χ0n) is 19.6. The van der Waals surface area contributed by atoms with Crippen molar-refractivity contribution in [3.05, 3.63) is 107 Å². The summed E-state index contributed by atoms with van der Waals surface area (Å²) in [5.74, 6) is 1.56. The molecule has 1 saturated heterocycles. The van der Waals surface area contributed by atoms with E-state index in [4.69, 9.17) is 21.7 Å². The Bertz CT molecular complexity index is 1390. The molecule has 1 fully saturated rings. The van der Waals surface area contributed by atoms with Crippen LogP contribution < -0.4 is 14.8 Å². The van der Waals surface area contributed by atoms with Crippen molar-refractivity contribution in [3.63, 3.8) is 0 Å². The molecule has 176 valence electrons. The number of aryl methyl sites for hydroxylation is 1. The first-order valence-corrected chi connectivity index (χ1v) is 12.1. The Morgan fingerprint density at radius 1 is 0.971 bits per heavy atom. The van der Waals surface area contributed by atoms with Crippen LogP contribution in [0.2, 0.25) is 0 Å². The van der Waals surface area contributed by atoms with Crippen molar-refractivity contribution in [2.45, 2.75) is 32.5 Å². The summed E-state index contributed by atoms with van der Waals surface area (Å²) in [7, 11) is 0. The lowest BCUT2D eigenvalue weighted by atomic mass is 9.96. The van der Waals surface area contributed by atoms with Crippen molar-refractivity contribution in [1.29, 1.82) is 0 Å². The van der Waals surface area contributed by atoms with Crippen LogP contribution in [0.1, 0.15) is 40.3 Å². The zero-order valence-corrected chi connectivity index (χ0v) is 20.5. The molecule has 4 heterocycles. The van der Waals surface area contributed by atoms with Crippen LogP contribution in [0.25, 0.3) is 5.69 Å². The molecule has 1 N–H and O–H groups in total. The highest BCUT2D eigenvalue weighted by Crippen LogP contribution is 2.43. The lowest BCUT2D eigenvalue weighted by Gasteiger charge is -2.28. The fourth-order valence-electron chi connectivity index (χ4n) is 5.20. The minimum Gasteiger partial charge on any atom is -0.454 e. The summed E-state index contributed by atoms with van der Waals surface area (Å²) < 4.78 is 13.4. The van der Waals surface area contributed by atoms with Crippen molar-refractivity contribution >= 4 is 17.3 Å². The van der Waals surface area contributed by atoms with Gasteiger partial charge in [-0.05, 0) is 67.5 Å². The van der Waals surface area contributed by atoms with Gasteiger partial charge in [0.1, 0.15) is 0 Å². The first kappa shape index (κ1) is 21.7. The molecule has 0 bridgehead atoms. The van der Waals surface area contributed by atoms with Crippen LogP contribution in [0.15, 0.2) is 79.0 Å². The van der Waals surface area contributed by atoms with Crippen LogP contribution in [-0.4, -0.2) is 26.4 Å². The molecule has 2 aliphatic heterocycles. The summed E-state index contributed by atoms with van der Waals surface area (Å²) in [6.07, 6.45) is 1.84. The number of benzene rings is 2. The van der Waals surface area contributed by atoms with Crippen LogP contribution in [-0.2, 0) is 6.54 Å². The summed E-state index contributed by atoms with van der Waals surface area (Å²) in [6, 6.07) is 24.8. The highest BCUT2D eigenvalue weighted by Gasteiger charge is 2.41. The van der Waals surface area contributed by atoms with Crippen LogP contribution in [0.3, 0.4) is 0 Å². The summed E-state index contributed by atoms with van der Waals surface area (Å²) in [6.45, 7) is 5.29. The summed E-state index contributed by atoms with van der Waals surface area (Å²) >= 11 is 5.87. The van der Waals surface area contributed by atoms with Gasteiger partial charge in [-0.15, -0.1) is 0 Å².